The first-order chi connectivity index (χ1) is 11.2. The molecule has 3 aromatic carbocycles. The second kappa shape index (κ2) is 6.63. The van der Waals surface area contributed by atoms with Gasteiger partial charge in [-0.1, -0.05) is 66.2 Å². The lowest BCUT2D eigenvalue weighted by molar-refractivity contribution is 0.0956. The molecular weight excluding hydrogens is 308 g/mol. The van der Waals surface area contributed by atoms with Gasteiger partial charge in [0.15, 0.2) is 0 Å². The molecular formula is C19H15ClN2O. The normalized spacial score (nSPS) is 11.0. The van der Waals surface area contributed by atoms with Crippen LogP contribution in [0.2, 0.25) is 5.02 Å². The first-order valence-corrected chi connectivity index (χ1v) is 7.61. The van der Waals surface area contributed by atoms with E-state index >= 15 is 0 Å². The summed E-state index contributed by atoms with van der Waals surface area (Å²) in [5.41, 5.74) is 4.88. The molecule has 0 saturated carbocycles. The van der Waals surface area contributed by atoms with Crippen LogP contribution in [0.4, 0.5) is 0 Å². The molecule has 23 heavy (non-hydrogen) atoms. The molecule has 0 saturated heterocycles. The number of hydrogen-bond acceptors (Lipinski definition) is 2. The van der Waals surface area contributed by atoms with Crippen LogP contribution in [0, 0.1) is 6.92 Å². The summed E-state index contributed by atoms with van der Waals surface area (Å²) >= 11 is 6.06. The number of benzene rings is 3. The smallest absolute Gasteiger partial charge is 0.267 e. The van der Waals surface area contributed by atoms with Gasteiger partial charge in [0.05, 0.1) is 11.8 Å². The molecule has 0 aromatic heterocycles. The van der Waals surface area contributed by atoms with E-state index in [0.717, 1.165) is 21.9 Å². The number of hydrogen-bond donors (Lipinski definition) is 1. The second-order valence-corrected chi connectivity index (χ2v) is 5.61. The molecule has 0 atom stereocenters. The van der Waals surface area contributed by atoms with E-state index in [1.807, 2.05) is 61.5 Å². The number of halogens is 1. The van der Waals surface area contributed by atoms with Crippen molar-refractivity contribution in [1.29, 1.82) is 0 Å². The summed E-state index contributed by atoms with van der Waals surface area (Å²) in [7, 11) is 0. The third kappa shape index (κ3) is 3.25. The number of fused-ring (bicyclic) bond motifs is 1. The summed E-state index contributed by atoms with van der Waals surface area (Å²) in [6.45, 7) is 1.92. The maximum Gasteiger partial charge on any atom is 0.272 e. The van der Waals surface area contributed by atoms with E-state index in [-0.39, 0.29) is 5.91 Å². The van der Waals surface area contributed by atoms with Crippen LogP contribution in [0.3, 0.4) is 0 Å². The van der Waals surface area contributed by atoms with Crippen molar-refractivity contribution in [2.45, 2.75) is 6.92 Å². The van der Waals surface area contributed by atoms with Gasteiger partial charge in [0.2, 0.25) is 0 Å². The molecule has 0 aliphatic carbocycles. The van der Waals surface area contributed by atoms with Gasteiger partial charge in [0.25, 0.3) is 5.91 Å². The number of aryl methyl sites for hydroxylation is 1. The topological polar surface area (TPSA) is 41.5 Å². The molecule has 3 nitrogen and oxygen atoms in total. The van der Waals surface area contributed by atoms with Gasteiger partial charge in [0, 0.05) is 10.6 Å². The van der Waals surface area contributed by atoms with Crippen molar-refractivity contribution in [2.75, 3.05) is 0 Å². The van der Waals surface area contributed by atoms with Crippen LogP contribution in [0.1, 0.15) is 21.5 Å². The van der Waals surface area contributed by atoms with Gasteiger partial charge >= 0.3 is 0 Å². The van der Waals surface area contributed by atoms with Crippen molar-refractivity contribution in [3.8, 4) is 0 Å². The Bertz CT molecular complexity index is 903. The quantitative estimate of drug-likeness (QED) is 0.557. The molecule has 0 bridgehead atoms. The molecule has 0 unspecified atom stereocenters. The SMILES string of the molecule is Cc1ccc2ccccc2c1C(=O)N/N=C\c1ccccc1Cl. The fraction of sp³-hybridized carbons (Fsp3) is 0.0526. The van der Waals surface area contributed by atoms with E-state index in [9.17, 15) is 4.79 Å². The zero-order valence-corrected chi connectivity index (χ0v) is 13.3. The maximum atomic E-state index is 12.5. The van der Waals surface area contributed by atoms with Gasteiger partial charge in [-0.2, -0.15) is 5.10 Å². The standard InChI is InChI=1S/C19H15ClN2O/c1-13-10-11-14-6-2-4-8-16(14)18(13)19(23)22-21-12-15-7-3-5-9-17(15)20/h2-12H,1H3,(H,22,23)/b21-12-. The van der Waals surface area contributed by atoms with Crippen LogP contribution in [0.25, 0.3) is 10.8 Å². The second-order valence-electron chi connectivity index (χ2n) is 5.20. The van der Waals surface area contributed by atoms with Crippen molar-refractivity contribution < 1.29 is 4.79 Å². The Hall–Kier alpha value is -2.65. The number of carbonyl (C=O) groups excluding carboxylic acids is 1. The van der Waals surface area contributed by atoms with Crippen molar-refractivity contribution >= 4 is 34.5 Å². The van der Waals surface area contributed by atoms with Crippen molar-refractivity contribution in [3.05, 3.63) is 82.4 Å². The predicted octanol–water partition coefficient (Wildman–Crippen LogP) is 4.57. The Morgan fingerprint density at radius 2 is 1.78 bits per heavy atom. The molecule has 1 N–H and O–H groups in total. The minimum atomic E-state index is -0.234. The van der Waals surface area contributed by atoms with Gasteiger partial charge in [-0.25, -0.2) is 5.43 Å². The van der Waals surface area contributed by atoms with Crippen LogP contribution in [0.15, 0.2) is 65.8 Å². The Morgan fingerprint density at radius 3 is 2.61 bits per heavy atom. The average molecular weight is 323 g/mol. The van der Waals surface area contributed by atoms with Crippen molar-refractivity contribution in [2.24, 2.45) is 5.10 Å². The highest BCUT2D eigenvalue weighted by Crippen LogP contribution is 2.22. The summed E-state index contributed by atoms with van der Waals surface area (Å²) in [6.07, 6.45) is 1.54. The van der Waals surface area contributed by atoms with E-state index < -0.39 is 0 Å². The van der Waals surface area contributed by atoms with E-state index in [0.29, 0.717) is 10.6 Å². The fourth-order valence-electron chi connectivity index (χ4n) is 2.48. The zero-order chi connectivity index (χ0) is 16.2. The number of nitrogens with one attached hydrogen (secondary N) is 1. The van der Waals surface area contributed by atoms with E-state index in [4.69, 9.17) is 11.6 Å². The molecule has 3 aromatic rings. The molecule has 0 fully saturated rings. The number of amides is 1. The van der Waals surface area contributed by atoms with E-state index in [1.54, 1.807) is 12.3 Å². The van der Waals surface area contributed by atoms with Gasteiger partial charge in [-0.3, -0.25) is 4.79 Å². The van der Waals surface area contributed by atoms with E-state index in [1.165, 1.54) is 0 Å². The minimum absolute atomic E-state index is 0.234. The van der Waals surface area contributed by atoms with Gasteiger partial charge < -0.3 is 0 Å². The van der Waals surface area contributed by atoms with Gasteiger partial charge in [0.1, 0.15) is 0 Å². The molecule has 4 heteroatoms. The van der Waals surface area contributed by atoms with E-state index in [2.05, 4.69) is 10.5 Å². The van der Waals surface area contributed by atoms with Crippen LogP contribution in [0.5, 0.6) is 0 Å². The predicted molar refractivity (Wildman–Crippen MR) is 95.2 cm³/mol. The lowest BCUT2D eigenvalue weighted by Gasteiger charge is -2.08. The molecule has 0 heterocycles. The lowest BCUT2D eigenvalue weighted by atomic mass is 9.99. The maximum absolute atomic E-state index is 12.5. The molecule has 0 aliphatic heterocycles. The Labute approximate surface area is 139 Å². The summed E-state index contributed by atoms with van der Waals surface area (Å²) in [4.78, 5) is 12.5. The number of nitrogens with zero attached hydrogens (tertiary/aromatic N) is 1. The molecule has 3 rings (SSSR count). The lowest BCUT2D eigenvalue weighted by Crippen LogP contribution is -2.19. The highest BCUT2D eigenvalue weighted by molar-refractivity contribution is 6.33. The third-order valence-electron chi connectivity index (χ3n) is 3.64. The van der Waals surface area contributed by atoms with Crippen LogP contribution >= 0.6 is 11.6 Å². The number of rotatable bonds is 3. The first kappa shape index (κ1) is 15.3. The highest BCUT2D eigenvalue weighted by atomic mass is 35.5. The molecule has 1 amide bonds. The summed E-state index contributed by atoms with van der Waals surface area (Å²) in [6, 6.07) is 19.1. The third-order valence-corrected chi connectivity index (χ3v) is 3.98. The highest BCUT2D eigenvalue weighted by Gasteiger charge is 2.12. The van der Waals surface area contributed by atoms with Crippen LogP contribution in [-0.2, 0) is 0 Å². The molecule has 114 valence electrons. The number of carbonyl (C=O) groups is 1. The Balaban J connectivity index is 1.87. The molecule has 0 spiro atoms. The summed E-state index contributed by atoms with van der Waals surface area (Å²) in [5, 5.41) is 6.55. The first-order valence-electron chi connectivity index (χ1n) is 7.23. The Kier molecular flexibility index (Phi) is 4.40. The number of hydrazone groups is 1. The average Bonchev–Trinajstić information content (AvgIpc) is 2.56. The summed E-state index contributed by atoms with van der Waals surface area (Å²) in [5.74, 6) is -0.234. The zero-order valence-electron chi connectivity index (χ0n) is 12.6. The van der Waals surface area contributed by atoms with Gasteiger partial charge in [-0.15, -0.1) is 0 Å². The monoisotopic (exact) mass is 322 g/mol. The van der Waals surface area contributed by atoms with Crippen LogP contribution in [-0.4, -0.2) is 12.1 Å². The van der Waals surface area contributed by atoms with Gasteiger partial charge in [-0.05, 0) is 29.3 Å². The Morgan fingerprint density at radius 1 is 1.04 bits per heavy atom. The minimum Gasteiger partial charge on any atom is -0.267 e. The largest absolute Gasteiger partial charge is 0.272 e. The molecule has 0 radical (unpaired) electrons. The summed E-state index contributed by atoms with van der Waals surface area (Å²) < 4.78 is 0. The van der Waals surface area contributed by atoms with Crippen molar-refractivity contribution in [1.82, 2.24) is 5.43 Å². The van der Waals surface area contributed by atoms with Crippen LogP contribution < -0.4 is 5.43 Å². The molecule has 0 aliphatic rings. The van der Waals surface area contributed by atoms with Crippen molar-refractivity contribution in [3.63, 3.8) is 0 Å². The fourth-order valence-corrected chi connectivity index (χ4v) is 2.66.